The highest BCUT2D eigenvalue weighted by Crippen LogP contribution is 2.66. The maximum absolute atomic E-state index is 13.4. The molecule has 174 valence electrons. The fraction of sp³-hybridized carbons (Fsp3) is 0.821. The Labute approximate surface area is 189 Å². The topological polar surface area (TPSA) is 57.5 Å². The Hall–Kier alpha value is -0.930. The van der Waals surface area contributed by atoms with Crippen molar-refractivity contribution in [3.63, 3.8) is 0 Å². The highest BCUT2D eigenvalue weighted by atomic mass is 16.3. The number of carbonyl (C=O) groups excluding carboxylic acids is 1. The van der Waals surface area contributed by atoms with Crippen molar-refractivity contribution in [1.29, 1.82) is 0 Å². The summed E-state index contributed by atoms with van der Waals surface area (Å²) in [6.07, 6.45) is 10.5. The Kier molecular flexibility index (Phi) is 6.33. The van der Waals surface area contributed by atoms with E-state index >= 15 is 0 Å². The minimum atomic E-state index is -0.360. The molecule has 0 aliphatic heterocycles. The van der Waals surface area contributed by atoms with E-state index in [2.05, 4.69) is 34.3 Å². The zero-order valence-corrected chi connectivity index (χ0v) is 20.2. The molecule has 2 N–H and O–H groups in total. The number of ketones is 1. The lowest BCUT2D eigenvalue weighted by molar-refractivity contribution is -0.138. The van der Waals surface area contributed by atoms with Crippen molar-refractivity contribution in [2.75, 3.05) is 6.61 Å². The van der Waals surface area contributed by atoms with Gasteiger partial charge >= 0.3 is 0 Å². The summed E-state index contributed by atoms with van der Waals surface area (Å²) in [6, 6.07) is 0. The molecular weight excluding hydrogens is 384 g/mol. The number of aliphatic hydroxyl groups excluding tert-OH is 2. The van der Waals surface area contributed by atoms with Gasteiger partial charge in [0.05, 0.1) is 12.7 Å². The number of carbonyl (C=O) groups is 1. The van der Waals surface area contributed by atoms with E-state index in [4.69, 9.17) is 0 Å². The minimum Gasteiger partial charge on any atom is -0.395 e. The van der Waals surface area contributed by atoms with Gasteiger partial charge in [-0.15, -0.1) is 0 Å². The SMILES string of the molecule is C=C(CCC(C)C1CCC2C3C(=O)C=C4CC(O)CCC4(CO)C3CCC12C)C(C)C. The van der Waals surface area contributed by atoms with E-state index in [0.29, 0.717) is 30.1 Å². The molecule has 0 saturated heterocycles. The third-order valence-electron chi connectivity index (χ3n) is 10.4. The molecule has 0 heterocycles. The van der Waals surface area contributed by atoms with E-state index in [-0.39, 0.29) is 41.2 Å². The highest BCUT2D eigenvalue weighted by molar-refractivity contribution is 5.94. The van der Waals surface area contributed by atoms with Gasteiger partial charge in [0.25, 0.3) is 0 Å². The van der Waals surface area contributed by atoms with Crippen LogP contribution in [0.2, 0.25) is 0 Å². The Morgan fingerprint density at radius 3 is 2.58 bits per heavy atom. The predicted octanol–water partition coefficient (Wildman–Crippen LogP) is 5.71. The van der Waals surface area contributed by atoms with Crippen molar-refractivity contribution in [3.05, 3.63) is 23.8 Å². The average Bonchev–Trinajstić information content (AvgIpc) is 3.08. The highest BCUT2D eigenvalue weighted by Gasteiger charge is 2.62. The van der Waals surface area contributed by atoms with E-state index in [1.165, 1.54) is 24.8 Å². The van der Waals surface area contributed by atoms with E-state index in [1.54, 1.807) is 0 Å². The van der Waals surface area contributed by atoms with Crippen LogP contribution in [0, 0.1) is 46.3 Å². The predicted molar refractivity (Wildman–Crippen MR) is 125 cm³/mol. The van der Waals surface area contributed by atoms with Gasteiger partial charge in [0.1, 0.15) is 0 Å². The Morgan fingerprint density at radius 2 is 1.90 bits per heavy atom. The molecular formula is C28H44O3. The summed E-state index contributed by atoms with van der Waals surface area (Å²) in [6.45, 7) is 13.8. The minimum absolute atomic E-state index is 0.0627. The van der Waals surface area contributed by atoms with Gasteiger partial charge in [-0.25, -0.2) is 0 Å². The molecule has 0 aromatic rings. The fourth-order valence-electron chi connectivity index (χ4n) is 8.37. The smallest absolute Gasteiger partial charge is 0.159 e. The van der Waals surface area contributed by atoms with Gasteiger partial charge in [0.15, 0.2) is 5.78 Å². The van der Waals surface area contributed by atoms with E-state index < -0.39 is 0 Å². The van der Waals surface area contributed by atoms with Crippen molar-refractivity contribution in [3.8, 4) is 0 Å². The van der Waals surface area contributed by atoms with Crippen LogP contribution in [0.3, 0.4) is 0 Å². The summed E-state index contributed by atoms with van der Waals surface area (Å²) in [5.74, 6) is 2.93. The maximum atomic E-state index is 13.4. The van der Waals surface area contributed by atoms with Gasteiger partial charge in [-0.05, 0) is 98.9 Å². The first-order valence-electron chi connectivity index (χ1n) is 12.9. The number of allylic oxidation sites excluding steroid dienone is 2. The summed E-state index contributed by atoms with van der Waals surface area (Å²) in [5.41, 5.74) is 2.36. The first kappa shape index (κ1) is 23.2. The van der Waals surface area contributed by atoms with Crippen molar-refractivity contribution in [2.45, 2.75) is 91.6 Å². The number of hydrogen-bond acceptors (Lipinski definition) is 3. The molecule has 4 aliphatic rings. The Bertz CT molecular complexity index is 751. The van der Waals surface area contributed by atoms with Gasteiger partial charge in [0.2, 0.25) is 0 Å². The molecule has 4 aliphatic carbocycles. The van der Waals surface area contributed by atoms with Crippen LogP contribution < -0.4 is 0 Å². The molecule has 0 aromatic carbocycles. The van der Waals surface area contributed by atoms with E-state index in [1.807, 2.05) is 6.08 Å². The van der Waals surface area contributed by atoms with Gasteiger partial charge in [-0.2, -0.15) is 0 Å². The van der Waals surface area contributed by atoms with Crippen molar-refractivity contribution >= 4 is 5.78 Å². The second-order valence-corrected chi connectivity index (χ2v) is 12.1. The van der Waals surface area contributed by atoms with Crippen LogP contribution in [0.15, 0.2) is 23.8 Å². The monoisotopic (exact) mass is 428 g/mol. The third kappa shape index (κ3) is 3.68. The van der Waals surface area contributed by atoms with Crippen LogP contribution in [0.1, 0.15) is 85.5 Å². The molecule has 0 radical (unpaired) electrons. The largest absolute Gasteiger partial charge is 0.395 e. The summed E-state index contributed by atoms with van der Waals surface area (Å²) < 4.78 is 0. The van der Waals surface area contributed by atoms with E-state index in [9.17, 15) is 15.0 Å². The fourth-order valence-corrected chi connectivity index (χ4v) is 8.37. The lowest BCUT2D eigenvalue weighted by atomic mass is 9.46. The van der Waals surface area contributed by atoms with Crippen molar-refractivity contribution in [1.82, 2.24) is 0 Å². The van der Waals surface area contributed by atoms with Crippen LogP contribution in [0.4, 0.5) is 0 Å². The maximum Gasteiger partial charge on any atom is 0.159 e. The van der Waals surface area contributed by atoms with Gasteiger partial charge in [0, 0.05) is 11.3 Å². The molecule has 0 spiro atoms. The molecule has 31 heavy (non-hydrogen) atoms. The summed E-state index contributed by atoms with van der Waals surface area (Å²) in [4.78, 5) is 13.4. The Morgan fingerprint density at radius 1 is 1.16 bits per heavy atom. The first-order valence-corrected chi connectivity index (χ1v) is 12.9. The summed E-state index contributed by atoms with van der Waals surface area (Å²) in [7, 11) is 0. The summed E-state index contributed by atoms with van der Waals surface area (Å²) in [5, 5.41) is 20.8. The van der Waals surface area contributed by atoms with Crippen molar-refractivity contribution < 1.29 is 15.0 Å². The van der Waals surface area contributed by atoms with Crippen LogP contribution >= 0.6 is 0 Å². The van der Waals surface area contributed by atoms with E-state index in [0.717, 1.165) is 37.7 Å². The molecule has 8 unspecified atom stereocenters. The number of rotatable bonds is 6. The molecule has 3 fully saturated rings. The molecule has 8 atom stereocenters. The molecule has 0 amide bonds. The van der Waals surface area contributed by atoms with Gasteiger partial charge in [-0.1, -0.05) is 45.4 Å². The second-order valence-electron chi connectivity index (χ2n) is 12.1. The molecule has 4 rings (SSSR count). The number of aliphatic hydroxyl groups is 2. The standard InChI is InChI=1S/C28H44O3/c1-17(2)18(3)6-7-19(4)22-8-9-23-26-24(11-12-27(22,23)5)28(16-29)13-10-21(30)14-20(28)15-25(26)31/h15,17,19,21-24,26,29-30H,3,6-14,16H2,1-2,4-5H3. The molecule has 0 aromatic heterocycles. The van der Waals surface area contributed by atoms with Gasteiger partial charge < -0.3 is 10.2 Å². The molecule has 3 heteroatoms. The lowest BCUT2D eigenvalue weighted by Gasteiger charge is -2.58. The Balaban J connectivity index is 1.57. The van der Waals surface area contributed by atoms with Crippen LogP contribution in [-0.2, 0) is 4.79 Å². The molecule has 3 nitrogen and oxygen atoms in total. The van der Waals surface area contributed by atoms with Crippen molar-refractivity contribution in [2.24, 2.45) is 46.3 Å². The quantitative estimate of drug-likeness (QED) is 0.533. The lowest BCUT2D eigenvalue weighted by Crippen LogP contribution is -2.55. The molecule has 3 saturated carbocycles. The second kappa shape index (κ2) is 8.45. The summed E-state index contributed by atoms with van der Waals surface area (Å²) >= 11 is 0. The average molecular weight is 429 g/mol. The number of hydrogen-bond donors (Lipinski definition) is 2. The zero-order chi connectivity index (χ0) is 22.6. The zero-order valence-electron chi connectivity index (χ0n) is 20.2. The first-order chi connectivity index (χ1) is 14.6. The van der Waals surface area contributed by atoms with Crippen LogP contribution in [0.5, 0.6) is 0 Å². The number of fused-ring (bicyclic) bond motifs is 5. The van der Waals surface area contributed by atoms with Crippen LogP contribution in [-0.4, -0.2) is 28.7 Å². The van der Waals surface area contributed by atoms with Gasteiger partial charge in [-0.3, -0.25) is 4.79 Å². The van der Waals surface area contributed by atoms with Crippen LogP contribution in [0.25, 0.3) is 0 Å². The molecule has 0 bridgehead atoms. The third-order valence-corrected chi connectivity index (χ3v) is 10.4. The normalized spacial score (nSPS) is 43.1.